The molecular formula is C11H20N2O2S. The van der Waals surface area contributed by atoms with E-state index in [1.165, 1.54) is 0 Å². The van der Waals surface area contributed by atoms with Crippen molar-refractivity contribution in [3.63, 3.8) is 0 Å². The van der Waals surface area contributed by atoms with Crippen molar-refractivity contribution in [3.05, 3.63) is 0 Å². The lowest BCUT2D eigenvalue weighted by atomic mass is 10.0. The summed E-state index contributed by atoms with van der Waals surface area (Å²) in [5.41, 5.74) is 0. The lowest BCUT2D eigenvalue weighted by molar-refractivity contribution is -0.140. The second kappa shape index (κ2) is 5.57. The highest BCUT2D eigenvalue weighted by molar-refractivity contribution is 8.00. The number of carbonyl (C=O) groups is 2. The molecule has 1 N–H and O–H groups in total. The molecule has 1 heterocycles. The number of nitrogens with one attached hydrogen (secondary N) is 1. The van der Waals surface area contributed by atoms with E-state index >= 15 is 0 Å². The molecule has 0 aliphatic carbocycles. The van der Waals surface area contributed by atoms with Crippen LogP contribution in [0.5, 0.6) is 0 Å². The third-order valence-corrected chi connectivity index (χ3v) is 4.90. The lowest BCUT2D eigenvalue weighted by Gasteiger charge is -2.37. The summed E-state index contributed by atoms with van der Waals surface area (Å²) in [7, 11) is 0. The van der Waals surface area contributed by atoms with Crippen molar-refractivity contribution in [1.82, 2.24) is 10.2 Å². The van der Waals surface area contributed by atoms with Gasteiger partial charge < -0.3 is 10.2 Å². The quantitative estimate of drug-likeness (QED) is 0.780. The molecule has 5 heteroatoms. The number of hydrogen-bond donors (Lipinski definition) is 1. The molecule has 0 aromatic rings. The molecule has 0 unspecified atom stereocenters. The van der Waals surface area contributed by atoms with Crippen molar-refractivity contribution >= 4 is 23.6 Å². The monoisotopic (exact) mass is 244 g/mol. The first-order valence-electron chi connectivity index (χ1n) is 5.66. The molecule has 4 nitrogen and oxygen atoms in total. The van der Waals surface area contributed by atoms with E-state index in [0.29, 0.717) is 6.54 Å². The van der Waals surface area contributed by atoms with E-state index < -0.39 is 0 Å². The van der Waals surface area contributed by atoms with Crippen LogP contribution < -0.4 is 5.32 Å². The molecule has 16 heavy (non-hydrogen) atoms. The van der Waals surface area contributed by atoms with Gasteiger partial charge in [0, 0.05) is 11.3 Å². The molecule has 0 spiro atoms. The topological polar surface area (TPSA) is 49.4 Å². The highest BCUT2D eigenvalue weighted by Crippen LogP contribution is 2.31. The maximum absolute atomic E-state index is 11.7. The average molecular weight is 244 g/mol. The Morgan fingerprint density at radius 3 is 2.50 bits per heavy atom. The van der Waals surface area contributed by atoms with Crippen molar-refractivity contribution in [1.29, 1.82) is 0 Å². The zero-order chi connectivity index (χ0) is 12.2. The zero-order valence-electron chi connectivity index (χ0n) is 10.2. The first-order chi connectivity index (χ1) is 7.56. The van der Waals surface area contributed by atoms with Gasteiger partial charge >= 0.3 is 0 Å². The molecule has 1 fully saturated rings. The van der Waals surface area contributed by atoms with Crippen LogP contribution in [-0.2, 0) is 9.59 Å². The first-order valence-corrected chi connectivity index (χ1v) is 6.89. The van der Waals surface area contributed by atoms with Gasteiger partial charge in [0.15, 0.2) is 0 Å². The number of carbonyl (C=O) groups excluding carboxylic acids is 2. The summed E-state index contributed by atoms with van der Waals surface area (Å²) < 4.78 is 0.0906. The van der Waals surface area contributed by atoms with Crippen molar-refractivity contribution < 1.29 is 9.59 Å². The molecule has 0 saturated carbocycles. The molecule has 0 aromatic heterocycles. The summed E-state index contributed by atoms with van der Waals surface area (Å²) in [5.74, 6) is -0.0262. The third-order valence-electron chi connectivity index (χ3n) is 3.32. The van der Waals surface area contributed by atoms with Crippen molar-refractivity contribution in [2.75, 3.05) is 25.9 Å². The van der Waals surface area contributed by atoms with Gasteiger partial charge in [-0.2, -0.15) is 11.8 Å². The highest BCUT2D eigenvalue weighted by atomic mass is 32.2. The Labute approximate surface area is 101 Å². The Bertz CT molecular complexity index is 269. The average Bonchev–Trinajstić information content (AvgIpc) is 2.31. The van der Waals surface area contributed by atoms with Gasteiger partial charge in [0.2, 0.25) is 11.8 Å². The number of thioether (sulfide) groups is 1. The van der Waals surface area contributed by atoms with Crippen LogP contribution in [0, 0.1) is 0 Å². The predicted molar refractivity (Wildman–Crippen MR) is 66.4 cm³/mol. The van der Waals surface area contributed by atoms with Gasteiger partial charge in [-0.05, 0) is 19.1 Å². The second-order valence-corrected chi connectivity index (χ2v) is 5.40. The van der Waals surface area contributed by atoms with Gasteiger partial charge in [0.05, 0.1) is 13.1 Å². The summed E-state index contributed by atoms with van der Waals surface area (Å²) in [6.07, 6.45) is 4.09. The number of piperazine rings is 1. The molecule has 0 bridgehead atoms. The fraction of sp³-hybridized carbons (Fsp3) is 0.818. The van der Waals surface area contributed by atoms with Crippen LogP contribution in [0.2, 0.25) is 0 Å². The van der Waals surface area contributed by atoms with Gasteiger partial charge in [-0.3, -0.25) is 9.59 Å². The minimum absolute atomic E-state index is 0.0277. The minimum Gasteiger partial charge on any atom is -0.345 e. The van der Waals surface area contributed by atoms with Gasteiger partial charge in [0.1, 0.15) is 0 Å². The van der Waals surface area contributed by atoms with E-state index in [2.05, 4.69) is 25.4 Å². The van der Waals surface area contributed by atoms with Gasteiger partial charge in [-0.1, -0.05) is 13.8 Å². The van der Waals surface area contributed by atoms with Gasteiger partial charge in [0.25, 0.3) is 0 Å². The smallest absolute Gasteiger partial charge is 0.242 e. The summed E-state index contributed by atoms with van der Waals surface area (Å²) in [6, 6.07) is 0. The van der Waals surface area contributed by atoms with Gasteiger partial charge in [-0.25, -0.2) is 0 Å². The molecule has 0 aromatic carbocycles. The fourth-order valence-electron chi connectivity index (χ4n) is 1.92. The molecule has 1 saturated heterocycles. The standard InChI is InChI=1S/C11H20N2O2S/c1-4-11(5-2,16-3)8-13-7-9(14)12-6-10(13)15/h4-8H2,1-3H3,(H,12,14). The predicted octanol–water partition coefficient (Wildman–Crippen LogP) is 0.867. The molecule has 0 radical (unpaired) electrons. The molecule has 2 amide bonds. The van der Waals surface area contributed by atoms with E-state index in [1.54, 1.807) is 16.7 Å². The lowest BCUT2D eigenvalue weighted by Crippen LogP contribution is -2.55. The normalized spacial score (nSPS) is 17.6. The number of nitrogens with zero attached hydrogens (tertiary/aromatic N) is 1. The van der Waals surface area contributed by atoms with Crippen LogP contribution in [0.1, 0.15) is 26.7 Å². The molecule has 1 aliphatic rings. The van der Waals surface area contributed by atoms with E-state index in [1.807, 2.05) is 0 Å². The maximum atomic E-state index is 11.7. The SMILES string of the molecule is CCC(CC)(CN1CC(=O)NCC1=O)SC. The maximum Gasteiger partial charge on any atom is 0.242 e. The number of amides is 2. The second-order valence-electron chi connectivity index (χ2n) is 4.12. The van der Waals surface area contributed by atoms with Crippen LogP contribution in [-0.4, -0.2) is 47.4 Å². The summed E-state index contributed by atoms with van der Waals surface area (Å²) >= 11 is 1.79. The van der Waals surface area contributed by atoms with Crippen LogP contribution >= 0.6 is 11.8 Å². The third kappa shape index (κ3) is 2.90. The van der Waals surface area contributed by atoms with E-state index in [4.69, 9.17) is 0 Å². The molecule has 92 valence electrons. The van der Waals surface area contributed by atoms with Crippen LogP contribution in [0.15, 0.2) is 0 Å². The summed E-state index contributed by atoms with van der Waals surface area (Å²) in [6.45, 7) is 5.30. The van der Waals surface area contributed by atoms with Crippen LogP contribution in [0.25, 0.3) is 0 Å². The molecular weight excluding hydrogens is 224 g/mol. The Morgan fingerprint density at radius 2 is 2.00 bits per heavy atom. The highest BCUT2D eigenvalue weighted by Gasteiger charge is 2.32. The molecule has 1 aliphatic heterocycles. The largest absolute Gasteiger partial charge is 0.345 e. The summed E-state index contributed by atoms with van der Waals surface area (Å²) in [5, 5.41) is 2.56. The first kappa shape index (κ1) is 13.4. The molecule has 1 rings (SSSR count). The number of rotatable bonds is 5. The van der Waals surface area contributed by atoms with Crippen molar-refractivity contribution in [3.8, 4) is 0 Å². The van der Waals surface area contributed by atoms with E-state index in [9.17, 15) is 9.59 Å². The fourth-order valence-corrected chi connectivity index (χ4v) is 2.78. The van der Waals surface area contributed by atoms with Crippen molar-refractivity contribution in [2.45, 2.75) is 31.4 Å². The van der Waals surface area contributed by atoms with Crippen LogP contribution in [0.3, 0.4) is 0 Å². The Balaban J connectivity index is 2.69. The number of hydrogen-bond acceptors (Lipinski definition) is 3. The zero-order valence-corrected chi connectivity index (χ0v) is 11.0. The van der Waals surface area contributed by atoms with Crippen LogP contribution in [0.4, 0.5) is 0 Å². The van der Waals surface area contributed by atoms with E-state index in [0.717, 1.165) is 12.8 Å². The van der Waals surface area contributed by atoms with E-state index in [-0.39, 0.29) is 29.7 Å². The van der Waals surface area contributed by atoms with Gasteiger partial charge in [-0.15, -0.1) is 0 Å². The Kier molecular flexibility index (Phi) is 4.65. The Morgan fingerprint density at radius 1 is 1.38 bits per heavy atom. The summed E-state index contributed by atoms with van der Waals surface area (Å²) in [4.78, 5) is 24.6. The Hall–Kier alpha value is -0.710. The molecule has 0 atom stereocenters. The minimum atomic E-state index is -0.0539. The van der Waals surface area contributed by atoms with Crippen molar-refractivity contribution in [2.24, 2.45) is 0 Å².